The van der Waals surface area contributed by atoms with Crippen LogP contribution in [0.5, 0.6) is 17.2 Å². The number of rotatable bonds is 7. The summed E-state index contributed by atoms with van der Waals surface area (Å²) >= 11 is 0. The van der Waals surface area contributed by atoms with Gasteiger partial charge in [-0.15, -0.1) is 0 Å². The second-order valence-corrected chi connectivity index (χ2v) is 8.45. The molecular formula is C27H24N2O5. The van der Waals surface area contributed by atoms with Gasteiger partial charge >= 0.3 is 0 Å². The van der Waals surface area contributed by atoms with Gasteiger partial charge in [0.15, 0.2) is 11.5 Å². The highest BCUT2D eigenvalue weighted by Crippen LogP contribution is 2.37. The maximum atomic E-state index is 13.5. The normalized spacial score (nSPS) is 14.9. The minimum Gasteiger partial charge on any atom is -0.493 e. The Balaban J connectivity index is 1.48. The zero-order valence-corrected chi connectivity index (χ0v) is 18.9. The molecular weight excluding hydrogens is 432 g/mol. The van der Waals surface area contributed by atoms with Crippen molar-refractivity contribution in [3.63, 3.8) is 0 Å². The monoisotopic (exact) mass is 456 g/mol. The summed E-state index contributed by atoms with van der Waals surface area (Å²) in [6.45, 7) is 4.88. The van der Waals surface area contributed by atoms with E-state index >= 15 is 0 Å². The molecule has 0 spiro atoms. The lowest BCUT2D eigenvalue weighted by molar-refractivity contribution is -0.120. The molecule has 3 aromatic rings. The van der Waals surface area contributed by atoms with Gasteiger partial charge < -0.3 is 19.5 Å². The van der Waals surface area contributed by atoms with E-state index in [0.717, 1.165) is 0 Å². The number of ether oxygens (including phenoxy) is 3. The number of amides is 2. The molecule has 5 rings (SSSR count). The van der Waals surface area contributed by atoms with Crippen molar-refractivity contribution in [2.24, 2.45) is 5.92 Å². The molecule has 0 saturated carbocycles. The first-order valence-corrected chi connectivity index (χ1v) is 11.1. The molecule has 2 amide bonds. The Hall–Kier alpha value is -4.26. The van der Waals surface area contributed by atoms with Crippen LogP contribution in [0.1, 0.15) is 19.4 Å². The summed E-state index contributed by atoms with van der Waals surface area (Å²) in [5.74, 6) is 1.47. The van der Waals surface area contributed by atoms with Crippen LogP contribution in [0.2, 0.25) is 0 Å². The van der Waals surface area contributed by atoms with Crippen LogP contribution in [-0.4, -0.2) is 25.2 Å². The number of imide groups is 1. The van der Waals surface area contributed by atoms with Gasteiger partial charge in [-0.3, -0.25) is 9.59 Å². The van der Waals surface area contributed by atoms with Crippen LogP contribution < -0.4 is 24.4 Å². The first-order chi connectivity index (χ1) is 16.5. The molecule has 0 radical (unpaired) electrons. The SMILES string of the molecule is CC(C)COc1ccc(N2C(=O)C(Nc3ccc4c(c3)OCO4)=C(c3ccccc3)C2=O)cc1. The molecule has 0 saturated heterocycles. The standard InChI is InChI=1S/C27H24N2O5/c1-17(2)15-32-21-11-9-20(10-12-21)29-26(30)24(18-6-4-3-5-7-18)25(27(29)31)28-19-8-13-22-23(14-19)34-16-33-22/h3-14,17,28H,15-16H2,1-2H3. The lowest BCUT2D eigenvalue weighted by Crippen LogP contribution is -2.32. The number of hydrogen-bond donors (Lipinski definition) is 1. The highest BCUT2D eigenvalue weighted by Gasteiger charge is 2.40. The molecule has 2 aliphatic rings. The smallest absolute Gasteiger partial charge is 0.282 e. The quantitative estimate of drug-likeness (QED) is 0.513. The minimum atomic E-state index is -0.433. The van der Waals surface area contributed by atoms with Crippen molar-refractivity contribution in [1.82, 2.24) is 0 Å². The highest BCUT2D eigenvalue weighted by atomic mass is 16.7. The number of fused-ring (bicyclic) bond motifs is 1. The number of carbonyl (C=O) groups excluding carboxylic acids is 2. The van der Waals surface area contributed by atoms with E-state index in [1.807, 2.05) is 30.3 Å². The summed E-state index contributed by atoms with van der Waals surface area (Å²) < 4.78 is 16.5. The predicted octanol–water partition coefficient (Wildman–Crippen LogP) is 4.85. The fourth-order valence-corrected chi connectivity index (χ4v) is 3.83. The molecule has 0 unspecified atom stereocenters. The number of benzene rings is 3. The van der Waals surface area contributed by atoms with E-state index in [1.165, 1.54) is 4.90 Å². The molecule has 0 aliphatic carbocycles. The molecule has 0 aromatic heterocycles. The molecule has 2 aliphatic heterocycles. The predicted molar refractivity (Wildman–Crippen MR) is 129 cm³/mol. The largest absolute Gasteiger partial charge is 0.493 e. The number of nitrogens with one attached hydrogen (secondary N) is 1. The number of carbonyl (C=O) groups is 2. The molecule has 0 bridgehead atoms. The first-order valence-electron chi connectivity index (χ1n) is 11.1. The Bertz CT molecular complexity index is 1270. The molecule has 172 valence electrons. The van der Waals surface area contributed by atoms with Crippen LogP contribution in [0.4, 0.5) is 11.4 Å². The Morgan fingerprint density at radius 1 is 0.912 bits per heavy atom. The fourth-order valence-electron chi connectivity index (χ4n) is 3.83. The van der Waals surface area contributed by atoms with Crippen LogP contribution in [0, 0.1) is 5.92 Å². The first kappa shape index (κ1) is 21.6. The van der Waals surface area contributed by atoms with Gasteiger partial charge in [-0.2, -0.15) is 0 Å². The van der Waals surface area contributed by atoms with Gasteiger partial charge in [0.25, 0.3) is 11.8 Å². The van der Waals surface area contributed by atoms with Crippen LogP contribution in [-0.2, 0) is 9.59 Å². The van der Waals surface area contributed by atoms with Gasteiger partial charge in [0, 0.05) is 11.8 Å². The molecule has 3 aromatic carbocycles. The highest BCUT2D eigenvalue weighted by molar-refractivity contribution is 6.46. The van der Waals surface area contributed by atoms with E-state index in [0.29, 0.717) is 52.3 Å². The molecule has 1 N–H and O–H groups in total. The van der Waals surface area contributed by atoms with Gasteiger partial charge in [-0.1, -0.05) is 44.2 Å². The molecule has 7 heteroatoms. The third-order valence-electron chi connectivity index (χ3n) is 5.47. The summed E-state index contributed by atoms with van der Waals surface area (Å²) in [4.78, 5) is 28.3. The van der Waals surface area contributed by atoms with Gasteiger partial charge in [-0.25, -0.2) is 4.90 Å². The van der Waals surface area contributed by atoms with Crippen molar-refractivity contribution < 1.29 is 23.8 Å². The zero-order valence-electron chi connectivity index (χ0n) is 18.9. The average molecular weight is 456 g/mol. The van der Waals surface area contributed by atoms with E-state index in [2.05, 4.69) is 19.2 Å². The molecule has 7 nitrogen and oxygen atoms in total. The second kappa shape index (κ2) is 8.94. The van der Waals surface area contributed by atoms with Crippen molar-refractivity contribution in [3.8, 4) is 17.2 Å². The molecule has 0 atom stereocenters. The topological polar surface area (TPSA) is 77.1 Å². The van der Waals surface area contributed by atoms with Crippen LogP contribution in [0.3, 0.4) is 0 Å². The molecule has 0 fully saturated rings. The zero-order chi connectivity index (χ0) is 23.7. The van der Waals surface area contributed by atoms with Gasteiger partial charge in [0.05, 0.1) is 17.9 Å². The van der Waals surface area contributed by atoms with Crippen molar-refractivity contribution >= 4 is 28.8 Å². The Labute approximate surface area is 197 Å². The lowest BCUT2D eigenvalue weighted by Gasteiger charge is -2.16. The van der Waals surface area contributed by atoms with E-state index < -0.39 is 11.8 Å². The van der Waals surface area contributed by atoms with Crippen LogP contribution >= 0.6 is 0 Å². The maximum absolute atomic E-state index is 13.5. The Kier molecular flexibility index (Phi) is 5.67. The molecule has 2 heterocycles. The maximum Gasteiger partial charge on any atom is 0.282 e. The third-order valence-corrected chi connectivity index (χ3v) is 5.47. The summed E-state index contributed by atoms with van der Waals surface area (Å²) in [5, 5.41) is 3.15. The average Bonchev–Trinajstić information content (AvgIpc) is 3.40. The Morgan fingerprint density at radius 3 is 2.38 bits per heavy atom. The van der Waals surface area contributed by atoms with Crippen molar-refractivity contribution in [3.05, 3.63) is 84.1 Å². The number of anilines is 2. The fraction of sp³-hybridized carbons (Fsp3) is 0.185. The van der Waals surface area contributed by atoms with E-state index in [4.69, 9.17) is 14.2 Å². The minimum absolute atomic E-state index is 0.152. The second-order valence-electron chi connectivity index (χ2n) is 8.45. The number of hydrogen-bond acceptors (Lipinski definition) is 6. The summed E-state index contributed by atoms with van der Waals surface area (Å²) in [7, 11) is 0. The van der Waals surface area contributed by atoms with Crippen molar-refractivity contribution in [1.29, 1.82) is 0 Å². The van der Waals surface area contributed by atoms with E-state index in [-0.39, 0.29) is 12.5 Å². The van der Waals surface area contributed by atoms with Gasteiger partial charge in [-0.05, 0) is 47.9 Å². The summed E-state index contributed by atoms with van der Waals surface area (Å²) in [6, 6.07) is 21.4. The summed E-state index contributed by atoms with van der Waals surface area (Å²) in [6.07, 6.45) is 0. The summed E-state index contributed by atoms with van der Waals surface area (Å²) in [5.41, 5.74) is 2.26. The number of nitrogens with zero attached hydrogens (tertiary/aromatic N) is 1. The Morgan fingerprint density at radius 2 is 1.65 bits per heavy atom. The lowest BCUT2D eigenvalue weighted by atomic mass is 10.0. The van der Waals surface area contributed by atoms with Crippen LogP contribution in [0.25, 0.3) is 5.57 Å². The van der Waals surface area contributed by atoms with E-state index in [9.17, 15) is 9.59 Å². The van der Waals surface area contributed by atoms with Gasteiger partial charge in [0.2, 0.25) is 6.79 Å². The third kappa shape index (κ3) is 4.08. The van der Waals surface area contributed by atoms with Crippen LogP contribution in [0.15, 0.2) is 78.5 Å². The molecule has 34 heavy (non-hydrogen) atoms. The van der Waals surface area contributed by atoms with Crippen molar-refractivity contribution in [2.45, 2.75) is 13.8 Å². The van der Waals surface area contributed by atoms with Gasteiger partial charge in [0.1, 0.15) is 11.4 Å². The van der Waals surface area contributed by atoms with E-state index in [1.54, 1.807) is 42.5 Å². The van der Waals surface area contributed by atoms with Crippen molar-refractivity contribution in [2.75, 3.05) is 23.6 Å².